The van der Waals surface area contributed by atoms with Crippen molar-refractivity contribution in [3.05, 3.63) is 41.2 Å². The zero-order valence-corrected chi connectivity index (χ0v) is 19.8. The third-order valence-electron chi connectivity index (χ3n) is 5.88. The fourth-order valence-electron chi connectivity index (χ4n) is 3.97. The molecule has 2 aromatic rings. The van der Waals surface area contributed by atoms with Crippen LogP contribution in [0, 0.1) is 0 Å². The van der Waals surface area contributed by atoms with Gasteiger partial charge in [0, 0.05) is 29.7 Å². The van der Waals surface area contributed by atoms with Gasteiger partial charge in [0.25, 0.3) is 0 Å². The zero-order chi connectivity index (χ0) is 26.4. The van der Waals surface area contributed by atoms with Crippen LogP contribution in [0.5, 0.6) is 34.5 Å². The molecule has 2 aromatic carbocycles. The van der Waals surface area contributed by atoms with Crippen molar-refractivity contribution < 1.29 is 59.4 Å². The molecule has 0 bridgehead atoms. The fourth-order valence-corrected chi connectivity index (χ4v) is 4.31. The Kier molecular flexibility index (Phi) is 7.01. The van der Waals surface area contributed by atoms with Crippen LogP contribution in [0.3, 0.4) is 0 Å². The van der Waals surface area contributed by atoms with Crippen molar-refractivity contribution in [1.82, 2.24) is 0 Å². The minimum absolute atomic E-state index is 0.0118. The van der Waals surface area contributed by atoms with E-state index in [0.29, 0.717) is 0 Å². The molecule has 0 saturated carbocycles. The minimum atomic E-state index is -2.49. The van der Waals surface area contributed by atoms with Crippen LogP contribution in [-0.4, -0.2) is 86.2 Å². The predicted octanol–water partition coefficient (Wildman–Crippen LogP) is 0.507. The number of fused-ring (bicyclic) bond motifs is 1. The molecule has 0 aromatic heterocycles. The lowest BCUT2D eigenvalue weighted by molar-refractivity contribution is -0.315. The molecule has 1 fully saturated rings. The second-order valence-corrected chi connectivity index (χ2v) is 8.68. The number of alkyl halides is 1. The molecule has 36 heavy (non-hydrogen) atoms. The second kappa shape index (κ2) is 9.73. The van der Waals surface area contributed by atoms with E-state index in [2.05, 4.69) is 0 Å². The van der Waals surface area contributed by atoms with Gasteiger partial charge < -0.3 is 59.4 Å². The average Bonchev–Trinajstić information content (AvgIpc) is 2.85. The van der Waals surface area contributed by atoms with Gasteiger partial charge in [0.2, 0.25) is 5.75 Å². The van der Waals surface area contributed by atoms with Crippen LogP contribution < -0.4 is 14.2 Å². The maximum absolute atomic E-state index is 10.6. The van der Waals surface area contributed by atoms with E-state index in [1.54, 1.807) is 0 Å². The van der Waals surface area contributed by atoms with Gasteiger partial charge in [-0.1, -0.05) is 0 Å². The Morgan fingerprint density at radius 2 is 1.64 bits per heavy atom. The number of benzene rings is 2. The van der Waals surface area contributed by atoms with Gasteiger partial charge in [0.05, 0.1) is 20.8 Å². The van der Waals surface area contributed by atoms with E-state index in [1.165, 1.54) is 32.4 Å². The second-order valence-electron chi connectivity index (χ2n) is 8.15. The molecule has 13 heteroatoms. The van der Waals surface area contributed by atoms with Crippen molar-refractivity contribution in [3.63, 3.8) is 0 Å². The van der Waals surface area contributed by atoms with Gasteiger partial charge in [0.15, 0.2) is 23.4 Å². The molecule has 2 aliphatic heterocycles. The normalized spacial score (nSPS) is 27.8. The Hall–Kier alpha value is -3.13. The summed E-state index contributed by atoms with van der Waals surface area (Å²) >= 11 is 6.42. The van der Waals surface area contributed by atoms with Crippen LogP contribution in [0.4, 0.5) is 0 Å². The number of halogens is 1. The molecule has 5 atom stereocenters. The average molecular weight is 529 g/mol. The minimum Gasteiger partial charge on any atom is -0.508 e. The molecule has 12 nitrogen and oxygen atoms in total. The van der Waals surface area contributed by atoms with Gasteiger partial charge in [-0.25, -0.2) is 0 Å². The molecule has 0 aliphatic carbocycles. The highest BCUT2D eigenvalue weighted by Crippen LogP contribution is 2.47. The molecular weight excluding hydrogens is 504 g/mol. The van der Waals surface area contributed by atoms with Crippen LogP contribution >= 0.6 is 11.6 Å². The summed E-state index contributed by atoms with van der Waals surface area (Å²) in [5.74, 6) is -0.981. The van der Waals surface area contributed by atoms with E-state index in [1.807, 2.05) is 0 Å². The van der Waals surface area contributed by atoms with Crippen LogP contribution in [0.1, 0.15) is 11.1 Å². The number of rotatable bonds is 6. The number of aliphatic hydroxyl groups is 4. The number of allylic oxidation sites excluding steroid dienone is 1. The molecule has 0 spiro atoms. The number of hydrogen-bond donors (Lipinski definition) is 7. The third kappa shape index (κ3) is 4.43. The Morgan fingerprint density at radius 3 is 2.22 bits per heavy atom. The van der Waals surface area contributed by atoms with E-state index in [9.17, 15) is 35.7 Å². The number of aliphatic hydroxyl groups excluding tert-OH is 4. The standard InChI is InChI=1S/C23H25ClO12/c1-32-14-3-9(4-15(33-2)18(14)28)21-16(7-11-12(27)5-10(26)6-13(11)34-21)35-23(24)22(31)20(30)19(29)17(8-25)36-23/h3-6,17,19-20,22,25-31H,7-8H2,1-2H3/t17-,19+,20+,22-,23?/m1/s1. The molecule has 0 radical (unpaired) electrons. The molecule has 2 heterocycles. The number of hydrogen-bond acceptors (Lipinski definition) is 12. The lowest BCUT2D eigenvalue weighted by atomic mass is 9.98. The van der Waals surface area contributed by atoms with Crippen LogP contribution in [-0.2, 0) is 15.9 Å². The van der Waals surface area contributed by atoms with Gasteiger partial charge in [0.1, 0.15) is 41.3 Å². The molecule has 0 amide bonds. The van der Waals surface area contributed by atoms with Crippen LogP contribution in [0.2, 0.25) is 0 Å². The molecule has 1 saturated heterocycles. The molecule has 2 aliphatic rings. The van der Waals surface area contributed by atoms with Crippen molar-refractivity contribution in [1.29, 1.82) is 0 Å². The van der Waals surface area contributed by atoms with Crippen LogP contribution in [0.15, 0.2) is 30.0 Å². The first-order valence-electron chi connectivity index (χ1n) is 10.6. The first-order chi connectivity index (χ1) is 17.0. The smallest absolute Gasteiger partial charge is 0.320 e. The number of methoxy groups -OCH3 is 2. The molecule has 7 N–H and O–H groups in total. The van der Waals surface area contributed by atoms with Crippen molar-refractivity contribution in [2.45, 2.75) is 36.1 Å². The maximum atomic E-state index is 10.6. The number of aromatic hydroxyl groups is 3. The van der Waals surface area contributed by atoms with Crippen molar-refractivity contribution in [2.75, 3.05) is 20.8 Å². The Balaban J connectivity index is 1.86. The Bertz CT molecular complexity index is 1160. The van der Waals surface area contributed by atoms with E-state index in [-0.39, 0.29) is 63.6 Å². The summed E-state index contributed by atoms with van der Waals surface area (Å²) in [4.78, 5) is 0. The topological polar surface area (TPSA) is 188 Å². The summed E-state index contributed by atoms with van der Waals surface area (Å²) in [6, 6.07) is 5.11. The summed E-state index contributed by atoms with van der Waals surface area (Å²) in [5, 5.41) is 68.5. The molecular formula is C23H25ClO12. The van der Waals surface area contributed by atoms with E-state index in [0.717, 1.165) is 6.07 Å². The Morgan fingerprint density at radius 1 is 1.00 bits per heavy atom. The summed E-state index contributed by atoms with van der Waals surface area (Å²) in [5.41, 5.74) is 0.420. The van der Waals surface area contributed by atoms with Crippen molar-refractivity contribution in [3.8, 4) is 34.5 Å². The lowest BCUT2D eigenvalue weighted by Gasteiger charge is -2.45. The van der Waals surface area contributed by atoms with Gasteiger partial charge >= 0.3 is 5.25 Å². The maximum Gasteiger partial charge on any atom is 0.320 e. The number of ether oxygens (including phenoxy) is 5. The van der Waals surface area contributed by atoms with Crippen molar-refractivity contribution in [2.24, 2.45) is 0 Å². The SMILES string of the molecule is COc1cc(C2=C(OC3(Cl)O[C@H](CO)[C@H](O)[C@H](O)[C@H]3O)Cc3c(O)cc(O)cc3O2)cc(OC)c1O. The predicted molar refractivity (Wildman–Crippen MR) is 122 cm³/mol. The first-order valence-corrected chi connectivity index (χ1v) is 11.0. The molecule has 4 rings (SSSR count). The van der Waals surface area contributed by atoms with Gasteiger partial charge in [-0.2, -0.15) is 0 Å². The summed E-state index contributed by atoms with van der Waals surface area (Å²) < 4.78 is 27.5. The number of phenols is 3. The summed E-state index contributed by atoms with van der Waals surface area (Å²) in [6.07, 6.45) is -7.08. The Labute approximate surface area is 209 Å². The summed E-state index contributed by atoms with van der Waals surface area (Å²) in [6.45, 7) is -0.750. The van der Waals surface area contributed by atoms with Gasteiger partial charge in [-0.15, -0.1) is 0 Å². The van der Waals surface area contributed by atoms with Crippen molar-refractivity contribution >= 4 is 17.4 Å². The zero-order valence-electron chi connectivity index (χ0n) is 19.1. The van der Waals surface area contributed by atoms with Crippen LogP contribution in [0.25, 0.3) is 5.76 Å². The molecule has 196 valence electrons. The fraction of sp³-hybridized carbons (Fsp3) is 0.391. The highest BCUT2D eigenvalue weighted by atomic mass is 35.5. The summed E-state index contributed by atoms with van der Waals surface area (Å²) in [7, 11) is 2.64. The van der Waals surface area contributed by atoms with E-state index >= 15 is 0 Å². The highest BCUT2D eigenvalue weighted by Gasteiger charge is 2.55. The monoisotopic (exact) mass is 528 g/mol. The largest absolute Gasteiger partial charge is 0.508 e. The first kappa shape index (κ1) is 25.9. The lowest BCUT2D eigenvalue weighted by Crippen LogP contribution is -2.63. The van der Waals surface area contributed by atoms with Gasteiger partial charge in [-0.05, 0) is 23.7 Å². The van der Waals surface area contributed by atoms with Gasteiger partial charge in [-0.3, -0.25) is 0 Å². The van der Waals surface area contributed by atoms with E-state index in [4.69, 9.17) is 35.3 Å². The third-order valence-corrected chi connectivity index (χ3v) is 6.27. The molecule has 1 unspecified atom stereocenters. The number of phenolic OH excluding ortho intramolecular Hbond substituents is 3. The quantitative estimate of drug-likeness (QED) is 0.258. The highest BCUT2D eigenvalue weighted by molar-refractivity contribution is 6.22. The van der Waals surface area contributed by atoms with E-state index < -0.39 is 36.3 Å².